The first-order chi connectivity index (χ1) is 9.90. The van der Waals surface area contributed by atoms with Crippen LogP contribution in [0, 0.1) is 0 Å². The predicted molar refractivity (Wildman–Crippen MR) is 88.0 cm³/mol. The highest BCUT2D eigenvalue weighted by Crippen LogP contribution is 2.25. The van der Waals surface area contributed by atoms with Crippen LogP contribution in [-0.2, 0) is 5.41 Å². The van der Waals surface area contributed by atoms with Gasteiger partial charge in [-0.05, 0) is 29.5 Å². The van der Waals surface area contributed by atoms with Gasteiger partial charge in [0.1, 0.15) is 0 Å². The van der Waals surface area contributed by atoms with E-state index in [0.717, 1.165) is 5.69 Å². The van der Waals surface area contributed by atoms with Gasteiger partial charge in [-0.1, -0.05) is 45.0 Å². The van der Waals surface area contributed by atoms with Crippen LogP contribution >= 0.6 is 0 Å². The van der Waals surface area contributed by atoms with E-state index in [-0.39, 0.29) is 11.5 Å². The van der Waals surface area contributed by atoms with Crippen molar-refractivity contribution in [2.75, 3.05) is 12.4 Å². The molecule has 0 spiro atoms. The van der Waals surface area contributed by atoms with Gasteiger partial charge in [0.05, 0.1) is 19.0 Å². The maximum atomic E-state index is 5.06. The average Bonchev–Trinajstić information content (AvgIpc) is 2.47. The highest BCUT2D eigenvalue weighted by molar-refractivity contribution is 5.44. The van der Waals surface area contributed by atoms with Gasteiger partial charge < -0.3 is 10.1 Å². The second kappa shape index (κ2) is 6.17. The largest absolute Gasteiger partial charge is 0.481 e. The van der Waals surface area contributed by atoms with E-state index in [1.54, 1.807) is 13.3 Å². The molecule has 21 heavy (non-hydrogen) atoms. The van der Waals surface area contributed by atoms with Crippen molar-refractivity contribution in [3.8, 4) is 5.88 Å². The lowest BCUT2D eigenvalue weighted by Crippen LogP contribution is -2.12. The molecule has 0 amide bonds. The SMILES string of the molecule is COc1ccc(NC(C)c2ccc(C(C)(C)C)cc2)cn1. The van der Waals surface area contributed by atoms with Crippen molar-refractivity contribution in [2.24, 2.45) is 0 Å². The topological polar surface area (TPSA) is 34.1 Å². The molecule has 3 nitrogen and oxygen atoms in total. The van der Waals surface area contributed by atoms with E-state index in [0.29, 0.717) is 5.88 Å². The van der Waals surface area contributed by atoms with Crippen molar-refractivity contribution in [3.63, 3.8) is 0 Å². The zero-order valence-electron chi connectivity index (χ0n) is 13.5. The molecule has 0 fully saturated rings. The number of anilines is 1. The standard InChI is InChI=1S/C18H24N2O/c1-13(20-16-10-11-17(21-5)19-12-16)14-6-8-15(9-7-14)18(2,3)4/h6-13,20H,1-5H3. The minimum atomic E-state index is 0.190. The fraction of sp³-hybridized carbons (Fsp3) is 0.389. The molecule has 2 rings (SSSR count). The van der Waals surface area contributed by atoms with Gasteiger partial charge in [-0.2, -0.15) is 0 Å². The molecule has 0 radical (unpaired) electrons. The lowest BCUT2D eigenvalue weighted by molar-refractivity contribution is 0.398. The van der Waals surface area contributed by atoms with Crippen molar-refractivity contribution < 1.29 is 4.74 Å². The molecule has 0 saturated heterocycles. The van der Waals surface area contributed by atoms with Gasteiger partial charge in [-0.3, -0.25) is 0 Å². The van der Waals surface area contributed by atoms with Crippen LogP contribution in [0.2, 0.25) is 0 Å². The van der Waals surface area contributed by atoms with Crippen LogP contribution < -0.4 is 10.1 Å². The summed E-state index contributed by atoms with van der Waals surface area (Å²) in [6.45, 7) is 8.84. The summed E-state index contributed by atoms with van der Waals surface area (Å²) in [5, 5.41) is 3.45. The predicted octanol–water partition coefficient (Wildman–Crippen LogP) is 4.56. The summed E-state index contributed by atoms with van der Waals surface area (Å²) >= 11 is 0. The summed E-state index contributed by atoms with van der Waals surface area (Å²) in [6.07, 6.45) is 1.79. The Kier molecular flexibility index (Phi) is 4.51. The maximum absolute atomic E-state index is 5.06. The number of rotatable bonds is 4. The van der Waals surface area contributed by atoms with Crippen LogP contribution in [0.15, 0.2) is 42.6 Å². The van der Waals surface area contributed by atoms with E-state index < -0.39 is 0 Å². The van der Waals surface area contributed by atoms with Gasteiger partial charge in [-0.25, -0.2) is 4.98 Å². The van der Waals surface area contributed by atoms with E-state index in [1.165, 1.54) is 11.1 Å². The van der Waals surface area contributed by atoms with Gasteiger partial charge in [0.2, 0.25) is 5.88 Å². The first-order valence-electron chi connectivity index (χ1n) is 7.27. The number of ether oxygens (including phenoxy) is 1. The zero-order valence-corrected chi connectivity index (χ0v) is 13.5. The van der Waals surface area contributed by atoms with E-state index >= 15 is 0 Å². The van der Waals surface area contributed by atoms with Gasteiger partial charge >= 0.3 is 0 Å². The molecule has 1 N–H and O–H groups in total. The van der Waals surface area contributed by atoms with Gasteiger partial charge in [0.25, 0.3) is 0 Å². The Morgan fingerprint density at radius 3 is 2.19 bits per heavy atom. The van der Waals surface area contributed by atoms with Crippen molar-refractivity contribution >= 4 is 5.69 Å². The molecule has 3 heteroatoms. The second-order valence-electron chi connectivity index (χ2n) is 6.33. The van der Waals surface area contributed by atoms with Crippen LogP contribution in [0.4, 0.5) is 5.69 Å². The van der Waals surface area contributed by atoms with Crippen molar-refractivity contribution in [1.82, 2.24) is 4.98 Å². The molecule has 0 aliphatic rings. The Morgan fingerprint density at radius 1 is 1.05 bits per heavy atom. The molecule has 0 saturated carbocycles. The monoisotopic (exact) mass is 284 g/mol. The number of nitrogens with zero attached hydrogens (tertiary/aromatic N) is 1. The van der Waals surface area contributed by atoms with Gasteiger partial charge in [0, 0.05) is 12.1 Å². The lowest BCUT2D eigenvalue weighted by Gasteiger charge is -2.21. The number of pyridine rings is 1. The minimum absolute atomic E-state index is 0.190. The Morgan fingerprint density at radius 2 is 1.71 bits per heavy atom. The summed E-state index contributed by atoms with van der Waals surface area (Å²) in [6, 6.07) is 12.9. The third-order valence-corrected chi connectivity index (χ3v) is 3.61. The summed E-state index contributed by atoms with van der Waals surface area (Å²) in [7, 11) is 1.62. The highest BCUT2D eigenvalue weighted by atomic mass is 16.5. The highest BCUT2D eigenvalue weighted by Gasteiger charge is 2.14. The zero-order chi connectivity index (χ0) is 15.5. The van der Waals surface area contributed by atoms with E-state index in [1.807, 2.05) is 12.1 Å². The number of nitrogens with one attached hydrogen (secondary N) is 1. The number of methoxy groups -OCH3 is 1. The smallest absolute Gasteiger partial charge is 0.213 e. The fourth-order valence-electron chi connectivity index (χ4n) is 2.19. The average molecular weight is 284 g/mol. The van der Waals surface area contributed by atoms with Crippen LogP contribution in [0.3, 0.4) is 0 Å². The van der Waals surface area contributed by atoms with Crippen LogP contribution in [0.1, 0.15) is 44.9 Å². The summed E-state index contributed by atoms with van der Waals surface area (Å²) in [4.78, 5) is 4.21. The van der Waals surface area contributed by atoms with E-state index in [2.05, 4.69) is 62.3 Å². The summed E-state index contributed by atoms with van der Waals surface area (Å²) in [5.74, 6) is 0.628. The third kappa shape index (κ3) is 3.97. The lowest BCUT2D eigenvalue weighted by atomic mass is 9.86. The van der Waals surface area contributed by atoms with Gasteiger partial charge in [0.15, 0.2) is 0 Å². The Bertz CT molecular complexity index is 568. The van der Waals surface area contributed by atoms with Crippen molar-refractivity contribution in [2.45, 2.75) is 39.2 Å². The number of benzene rings is 1. The Hall–Kier alpha value is -2.03. The molecule has 0 aliphatic heterocycles. The van der Waals surface area contributed by atoms with E-state index in [9.17, 15) is 0 Å². The van der Waals surface area contributed by atoms with E-state index in [4.69, 9.17) is 4.74 Å². The molecule has 1 heterocycles. The minimum Gasteiger partial charge on any atom is -0.481 e. The van der Waals surface area contributed by atoms with Crippen molar-refractivity contribution in [1.29, 1.82) is 0 Å². The molecule has 1 aromatic carbocycles. The molecular weight excluding hydrogens is 260 g/mol. The molecule has 1 unspecified atom stereocenters. The number of aromatic nitrogens is 1. The normalized spacial score (nSPS) is 12.8. The maximum Gasteiger partial charge on any atom is 0.213 e. The van der Waals surface area contributed by atoms with Gasteiger partial charge in [-0.15, -0.1) is 0 Å². The van der Waals surface area contributed by atoms with Crippen molar-refractivity contribution in [3.05, 3.63) is 53.7 Å². The molecular formula is C18H24N2O. The molecule has 0 aliphatic carbocycles. The third-order valence-electron chi connectivity index (χ3n) is 3.61. The quantitative estimate of drug-likeness (QED) is 0.893. The Labute approximate surface area is 127 Å². The molecule has 2 aromatic rings. The second-order valence-corrected chi connectivity index (χ2v) is 6.33. The summed E-state index contributed by atoms with van der Waals surface area (Å²) in [5.41, 5.74) is 3.79. The van der Waals surface area contributed by atoms with Crippen LogP contribution in [0.5, 0.6) is 5.88 Å². The molecule has 1 aromatic heterocycles. The fourth-order valence-corrected chi connectivity index (χ4v) is 2.19. The number of hydrogen-bond donors (Lipinski definition) is 1. The number of hydrogen-bond acceptors (Lipinski definition) is 3. The van der Waals surface area contributed by atoms with Crippen LogP contribution in [0.25, 0.3) is 0 Å². The first kappa shape index (κ1) is 15.4. The molecule has 1 atom stereocenters. The van der Waals surface area contributed by atoms with Crippen LogP contribution in [-0.4, -0.2) is 12.1 Å². The molecule has 0 bridgehead atoms. The summed E-state index contributed by atoms with van der Waals surface area (Å²) < 4.78 is 5.06. The first-order valence-corrected chi connectivity index (χ1v) is 7.27. The molecule has 112 valence electrons. The Balaban J connectivity index is 2.07.